The second-order valence-corrected chi connectivity index (χ2v) is 4.84. The number of nitrogen functional groups attached to an aromatic ring is 1. The molecule has 0 atom stereocenters. The van der Waals surface area contributed by atoms with E-state index in [1.807, 2.05) is 42.5 Å². The number of hydrogen-bond acceptors (Lipinski definition) is 2. The van der Waals surface area contributed by atoms with Crippen molar-refractivity contribution in [3.05, 3.63) is 71.3 Å². The molecule has 0 aliphatic carbocycles. The first kappa shape index (κ1) is 14.9. The Morgan fingerprint density at radius 1 is 1.14 bits per heavy atom. The highest BCUT2D eigenvalue weighted by molar-refractivity contribution is 5.91. The van der Waals surface area contributed by atoms with E-state index < -0.39 is 0 Å². The molecule has 108 valence electrons. The van der Waals surface area contributed by atoms with Crippen LogP contribution in [0.1, 0.15) is 23.6 Å². The molecule has 1 amide bonds. The Bertz CT molecular complexity index is 647. The molecule has 2 aromatic carbocycles. The van der Waals surface area contributed by atoms with Gasteiger partial charge >= 0.3 is 0 Å². The van der Waals surface area contributed by atoms with Gasteiger partial charge in [-0.25, -0.2) is 0 Å². The van der Waals surface area contributed by atoms with Crippen LogP contribution in [0.25, 0.3) is 6.08 Å². The molecule has 0 radical (unpaired) electrons. The third kappa shape index (κ3) is 4.49. The topological polar surface area (TPSA) is 55.1 Å². The molecular weight excluding hydrogens is 260 g/mol. The Morgan fingerprint density at radius 2 is 1.90 bits per heavy atom. The maximum Gasteiger partial charge on any atom is 0.244 e. The van der Waals surface area contributed by atoms with Gasteiger partial charge in [-0.2, -0.15) is 0 Å². The van der Waals surface area contributed by atoms with Gasteiger partial charge in [-0.3, -0.25) is 4.79 Å². The summed E-state index contributed by atoms with van der Waals surface area (Å²) in [5, 5.41) is 2.90. The number of carbonyl (C=O) groups excluding carboxylic acids is 1. The lowest BCUT2D eigenvalue weighted by Gasteiger charge is -2.07. The quantitative estimate of drug-likeness (QED) is 0.653. The first-order valence-electron chi connectivity index (χ1n) is 7.07. The summed E-state index contributed by atoms with van der Waals surface area (Å²) in [6.45, 7) is 2.66. The van der Waals surface area contributed by atoms with Crippen LogP contribution in [0.5, 0.6) is 0 Å². The van der Waals surface area contributed by atoms with E-state index in [1.165, 1.54) is 11.6 Å². The van der Waals surface area contributed by atoms with Crippen LogP contribution in [0.2, 0.25) is 0 Å². The number of benzene rings is 2. The van der Waals surface area contributed by atoms with Crippen molar-refractivity contribution in [2.24, 2.45) is 0 Å². The number of hydrogen-bond donors (Lipinski definition) is 2. The van der Waals surface area contributed by atoms with Gasteiger partial charge in [0.25, 0.3) is 0 Å². The van der Waals surface area contributed by atoms with Crippen molar-refractivity contribution in [1.82, 2.24) is 5.32 Å². The van der Waals surface area contributed by atoms with Gasteiger partial charge in [0.2, 0.25) is 5.91 Å². The van der Waals surface area contributed by atoms with Gasteiger partial charge in [-0.15, -0.1) is 0 Å². The van der Waals surface area contributed by atoms with Crippen molar-refractivity contribution in [3.8, 4) is 0 Å². The summed E-state index contributed by atoms with van der Waals surface area (Å²) in [5.74, 6) is -0.108. The number of rotatable bonds is 5. The lowest BCUT2D eigenvalue weighted by Crippen LogP contribution is -2.20. The van der Waals surface area contributed by atoms with E-state index in [2.05, 4.69) is 18.3 Å². The van der Waals surface area contributed by atoms with Gasteiger partial charge in [-0.1, -0.05) is 43.3 Å². The largest absolute Gasteiger partial charge is 0.399 e. The van der Waals surface area contributed by atoms with Crippen molar-refractivity contribution < 1.29 is 4.79 Å². The summed E-state index contributed by atoms with van der Waals surface area (Å²) >= 11 is 0. The summed E-state index contributed by atoms with van der Waals surface area (Å²) in [6, 6.07) is 15.6. The van der Waals surface area contributed by atoms with E-state index in [9.17, 15) is 4.79 Å². The molecule has 0 aromatic heterocycles. The highest BCUT2D eigenvalue weighted by atomic mass is 16.1. The molecule has 3 nitrogen and oxygen atoms in total. The molecule has 0 spiro atoms. The average molecular weight is 280 g/mol. The first-order chi connectivity index (χ1) is 10.2. The highest BCUT2D eigenvalue weighted by Crippen LogP contribution is 2.10. The summed E-state index contributed by atoms with van der Waals surface area (Å²) in [7, 11) is 0. The van der Waals surface area contributed by atoms with Crippen LogP contribution in [-0.4, -0.2) is 5.91 Å². The molecular formula is C18H20N2O. The molecule has 21 heavy (non-hydrogen) atoms. The molecule has 0 heterocycles. The molecule has 2 rings (SSSR count). The summed E-state index contributed by atoms with van der Waals surface area (Å²) in [6.07, 6.45) is 4.26. The van der Waals surface area contributed by atoms with Crippen molar-refractivity contribution in [1.29, 1.82) is 0 Å². The molecule has 0 saturated carbocycles. The van der Waals surface area contributed by atoms with Gasteiger partial charge in [0.05, 0.1) is 0 Å². The fraction of sp³-hybridized carbons (Fsp3) is 0.167. The smallest absolute Gasteiger partial charge is 0.244 e. The fourth-order valence-corrected chi connectivity index (χ4v) is 2.15. The highest BCUT2D eigenvalue weighted by Gasteiger charge is 2.01. The maximum absolute atomic E-state index is 11.8. The number of nitrogens with one attached hydrogen (secondary N) is 1. The SMILES string of the molecule is CCc1ccccc1CNC(=O)/C=C/c1cccc(N)c1. The third-order valence-corrected chi connectivity index (χ3v) is 3.29. The van der Waals surface area contributed by atoms with Gasteiger partial charge < -0.3 is 11.1 Å². The summed E-state index contributed by atoms with van der Waals surface area (Å²) < 4.78 is 0. The zero-order valence-electron chi connectivity index (χ0n) is 12.2. The molecule has 0 unspecified atom stereocenters. The normalized spacial score (nSPS) is 10.7. The number of amides is 1. The van der Waals surface area contributed by atoms with Crippen molar-refractivity contribution >= 4 is 17.7 Å². The second kappa shape index (κ2) is 7.29. The third-order valence-electron chi connectivity index (χ3n) is 3.29. The molecule has 0 fully saturated rings. The van der Waals surface area contributed by atoms with Crippen LogP contribution in [0.15, 0.2) is 54.6 Å². The minimum absolute atomic E-state index is 0.108. The van der Waals surface area contributed by atoms with Crippen molar-refractivity contribution in [2.75, 3.05) is 5.73 Å². The van der Waals surface area contributed by atoms with E-state index in [-0.39, 0.29) is 5.91 Å². The average Bonchev–Trinajstić information content (AvgIpc) is 2.51. The van der Waals surface area contributed by atoms with Gasteiger partial charge in [-0.05, 0) is 41.3 Å². The number of nitrogens with two attached hydrogens (primary N) is 1. The Labute approximate surface area is 125 Å². The molecule has 3 heteroatoms. The summed E-state index contributed by atoms with van der Waals surface area (Å²) in [5.41, 5.74) is 9.72. The molecule has 0 aliphatic heterocycles. The van der Waals surface area contributed by atoms with Crippen LogP contribution in [0.4, 0.5) is 5.69 Å². The Morgan fingerprint density at radius 3 is 2.62 bits per heavy atom. The Balaban J connectivity index is 1.93. The Hall–Kier alpha value is -2.55. The minimum atomic E-state index is -0.108. The minimum Gasteiger partial charge on any atom is -0.399 e. The van der Waals surface area contributed by atoms with Crippen molar-refractivity contribution in [3.63, 3.8) is 0 Å². The predicted molar refractivity (Wildman–Crippen MR) is 87.6 cm³/mol. The van der Waals surface area contributed by atoms with E-state index in [0.29, 0.717) is 12.2 Å². The lowest BCUT2D eigenvalue weighted by atomic mass is 10.1. The van der Waals surface area contributed by atoms with Crippen molar-refractivity contribution in [2.45, 2.75) is 19.9 Å². The summed E-state index contributed by atoms with van der Waals surface area (Å²) in [4.78, 5) is 11.8. The predicted octanol–water partition coefficient (Wildman–Crippen LogP) is 3.16. The first-order valence-corrected chi connectivity index (χ1v) is 7.07. The van der Waals surface area contributed by atoms with E-state index in [1.54, 1.807) is 6.08 Å². The van der Waals surface area contributed by atoms with Crippen LogP contribution in [-0.2, 0) is 17.8 Å². The fourth-order valence-electron chi connectivity index (χ4n) is 2.15. The van der Waals surface area contributed by atoms with E-state index in [0.717, 1.165) is 17.5 Å². The standard InChI is InChI=1S/C18H20N2O/c1-2-15-7-3-4-8-16(15)13-20-18(21)11-10-14-6-5-9-17(19)12-14/h3-12H,2,13,19H2,1H3,(H,20,21)/b11-10+. The zero-order chi connectivity index (χ0) is 15.1. The maximum atomic E-state index is 11.8. The Kier molecular flexibility index (Phi) is 5.16. The van der Waals surface area contributed by atoms with Gasteiger partial charge in [0.15, 0.2) is 0 Å². The lowest BCUT2D eigenvalue weighted by molar-refractivity contribution is -0.116. The molecule has 0 saturated heterocycles. The second-order valence-electron chi connectivity index (χ2n) is 4.84. The monoisotopic (exact) mass is 280 g/mol. The van der Waals surface area contributed by atoms with Gasteiger partial charge in [0, 0.05) is 18.3 Å². The number of aryl methyl sites for hydroxylation is 1. The molecule has 2 aromatic rings. The molecule has 0 bridgehead atoms. The van der Waals surface area contributed by atoms with E-state index in [4.69, 9.17) is 5.73 Å². The number of carbonyl (C=O) groups is 1. The van der Waals surface area contributed by atoms with Crippen LogP contribution in [0.3, 0.4) is 0 Å². The zero-order valence-corrected chi connectivity index (χ0v) is 12.2. The molecule has 0 aliphatic rings. The van der Waals surface area contributed by atoms with Crippen LogP contribution in [0, 0.1) is 0 Å². The molecule has 3 N–H and O–H groups in total. The number of anilines is 1. The van der Waals surface area contributed by atoms with Crippen LogP contribution < -0.4 is 11.1 Å². The van der Waals surface area contributed by atoms with Crippen LogP contribution >= 0.6 is 0 Å². The van der Waals surface area contributed by atoms with E-state index >= 15 is 0 Å². The van der Waals surface area contributed by atoms with Gasteiger partial charge in [0.1, 0.15) is 0 Å².